The molecule has 0 aliphatic heterocycles. The van der Waals surface area contributed by atoms with Crippen molar-refractivity contribution >= 4 is 11.9 Å². The van der Waals surface area contributed by atoms with Gasteiger partial charge in [0.05, 0.1) is 19.8 Å². The zero-order valence-electron chi connectivity index (χ0n) is 12.3. The van der Waals surface area contributed by atoms with Crippen LogP contribution in [0.2, 0.25) is 0 Å². The van der Waals surface area contributed by atoms with E-state index in [1.807, 2.05) is 0 Å². The first-order valence-corrected chi connectivity index (χ1v) is 6.54. The molecule has 0 aliphatic rings. The van der Waals surface area contributed by atoms with Gasteiger partial charge in [-0.15, -0.1) is 0 Å². The van der Waals surface area contributed by atoms with Gasteiger partial charge in [0.25, 0.3) is 11.5 Å². The van der Waals surface area contributed by atoms with Crippen LogP contribution in [0.5, 0.6) is 0 Å². The fourth-order valence-electron chi connectivity index (χ4n) is 1.50. The van der Waals surface area contributed by atoms with Gasteiger partial charge in [0, 0.05) is 13.2 Å². The lowest BCUT2D eigenvalue weighted by Crippen LogP contribution is -2.40. The Labute approximate surface area is 122 Å². The Balaban J connectivity index is 2.78. The van der Waals surface area contributed by atoms with Crippen LogP contribution in [0.15, 0.2) is 16.9 Å². The van der Waals surface area contributed by atoms with E-state index in [0.29, 0.717) is 6.61 Å². The summed E-state index contributed by atoms with van der Waals surface area (Å²) in [6, 6.07) is 1.75. The average Bonchev–Trinajstić information content (AvgIpc) is 2.46. The van der Waals surface area contributed by atoms with Crippen LogP contribution >= 0.6 is 0 Å². The Morgan fingerprint density at radius 2 is 2.14 bits per heavy atom. The van der Waals surface area contributed by atoms with Gasteiger partial charge >= 0.3 is 5.97 Å². The van der Waals surface area contributed by atoms with Gasteiger partial charge < -0.3 is 14.8 Å². The highest BCUT2D eigenvalue weighted by molar-refractivity contribution is 5.94. The summed E-state index contributed by atoms with van der Waals surface area (Å²) in [5.41, 5.74) is -0.288. The Bertz CT molecular complexity index is 555. The molecule has 0 fully saturated rings. The molecule has 1 heterocycles. The number of carbonyl (C=O) groups is 2. The Hall–Kier alpha value is -2.22. The van der Waals surface area contributed by atoms with Crippen LogP contribution in [0, 0.1) is 0 Å². The van der Waals surface area contributed by atoms with E-state index in [0.717, 1.165) is 4.68 Å². The zero-order valence-corrected chi connectivity index (χ0v) is 12.3. The summed E-state index contributed by atoms with van der Waals surface area (Å²) in [6.07, 6.45) is 0. The molecule has 1 amide bonds. The van der Waals surface area contributed by atoms with E-state index in [1.165, 1.54) is 26.2 Å². The number of rotatable bonds is 7. The molecule has 1 N–H and O–H groups in total. The Kier molecular flexibility index (Phi) is 6.54. The number of hydrogen-bond acceptors (Lipinski definition) is 6. The molecule has 8 heteroatoms. The third kappa shape index (κ3) is 4.99. The van der Waals surface area contributed by atoms with Gasteiger partial charge in [0.2, 0.25) is 0 Å². The second-order valence-electron chi connectivity index (χ2n) is 4.22. The van der Waals surface area contributed by atoms with Crippen molar-refractivity contribution in [1.82, 2.24) is 15.1 Å². The molecule has 0 aromatic carbocycles. The molecule has 116 valence electrons. The lowest BCUT2D eigenvalue weighted by molar-refractivity contribution is -0.144. The summed E-state index contributed by atoms with van der Waals surface area (Å²) in [7, 11) is 1.50. The SMILES string of the molecule is CCOC(=O)C(C)NC(=O)c1ccc(=O)n(CCOC)n1. The lowest BCUT2D eigenvalue weighted by Gasteiger charge is -2.12. The minimum absolute atomic E-state index is 0.0434. The van der Waals surface area contributed by atoms with Crippen molar-refractivity contribution in [2.75, 3.05) is 20.3 Å². The van der Waals surface area contributed by atoms with Crippen LogP contribution in [0.25, 0.3) is 0 Å². The third-order valence-electron chi connectivity index (χ3n) is 2.59. The molecule has 21 heavy (non-hydrogen) atoms. The molecule has 0 bridgehead atoms. The molecule has 0 aliphatic carbocycles. The van der Waals surface area contributed by atoms with Gasteiger partial charge in [-0.2, -0.15) is 5.10 Å². The van der Waals surface area contributed by atoms with Gasteiger partial charge in [-0.25, -0.2) is 9.48 Å². The molecule has 1 unspecified atom stereocenters. The monoisotopic (exact) mass is 297 g/mol. The standard InChI is InChI=1S/C13H19N3O5/c1-4-21-13(19)9(2)14-12(18)10-5-6-11(17)16(15-10)7-8-20-3/h5-6,9H,4,7-8H2,1-3H3,(H,14,18). The van der Waals surface area contributed by atoms with Gasteiger partial charge in [0.15, 0.2) is 0 Å². The topological polar surface area (TPSA) is 99.5 Å². The Morgan fingerprint density at radius 3 is 2.76 bits per heavy atom. The zero-order chi connectivity index (χ0) is 15.8. The first kappa shape index (κ1) is 16.8. The van der Waals surface area contributed by atoms with Crippen LogP contribution in [0.1, 0.15) is 24.3 Å². The summed E-state index contributed by atoms with van der Waals surface area (Å²) in [5.74, 6) is -1.08. The fourth-order valence-corrected chi connectivity index (χ4v) is 1.50. The molecule has 1 rings (SSSR count). The van der Waals surface area contributed by atoms with Crippen LogP contribution < -0.4 is 10.9 Å². The maximum atomic E-state index is 12.0. The highest BCUT2D eigenvalue weighted by atomic mass is 16.5. The van der Waals surface area contributed by atoms with Crippen molar-refractivity contribution in [3.63, 3.8) is 0 Å². The summed E-state index contributed by atoms with van der Waals surface area (Å²) in [4.78, 5) is 35.0. The molecule has 0 spiro atoms. The number of nitrogens with zero attached hydrogens (tertiary/aromatic N) is 2. The summed E-state index contributed by atoms with van der Waals surface area (Å²) in [5, 5.41) is 6.39. The Morgan fingerprint density at radius 1 is 1.43 bits per heavy atom. The molecule has 0 saturated heterocycles. The lowest BCUT2D eigenvalue weighted by atomic mass is 10.3. The van der Waals surface area contributed by atoms with Crippen LogP contribution in [-0.4, -0.2) is 48.0 Å². The largest absolute Gasteiger partial charge is 0.464 e. The smallest absolute Gasteiger partial charge is 0.328 e. The number of amides is 1. The summed E-state index contributed by atoms with van der Waals surface area (Å²) < 4.78 is 10.8. The normalized spacial score (nSPS) is 11.8. The first-order chi connectivity index (χ1) is 9.99. The van der Waals surface area contributed by atoms with E-state index in [1.54, 1.807) is 6.92 Å². The van der Waals surface area contributed by atoms with Crippen LogP contribution in [0.4, 0.5) is 0 Å². The molecular weight excluding hydrogens is 278 g/mol. The van der Waals surface area contributed by atoms with Gasteiger partial charge in [-0.1, -0.05) is 0 Å². The molecular formula is C13H19N3O5. The molecule has 1 atom stereocenters. The van der Waals surface area contributed by atoms with Crippen molar-refractivity contribution in [3.05, 3.63) is 28.2 Å². The second kappa shape index (κ2) is 8.15. The molecule has 8 nitrogen and oxygen atoms in total. The van der Waals surface area contributed by atoms with Crippen molar-refractivity contribution in [3.8, 4) is 0 Å². The average molecular weight is 297 g/mol. The summed E-state index contributed by atoms with van der Waals surface area (Å²) >= 11 is 0. The number of ether oxygens (including phenoxy) is 2. The number of esters is 1. The number of methoxy groups -OCH3 is 1. The highest BCUT2D eigenvalue weighted by Gasteiger charge is 2.18. The molecule has 0 saturated carbocycles. The number of aromatic nitrogens is 2. The van der Waals surface area contributed by atoms with E-state index in [2.05, 4.69) is 10.4 Å². The van der Waals surface area contributed by atoms with Crippen molar-refractivity contribution in [1.29, 1.82) is 0 Å². The van der Waals surface area contributed by atoms with E-state index < -0.39 is 17.9 Å². The van der Waals surface area contributed by atoms with Gasteiger partial charge in [-0.3, -0.25) is 9.59 Å². The number of nitrogens with one attached hydrogen (secondary N) is 1. The maximum absolute atomic E-state index is 12.0. The van der Waals surface area contributed by atoms with Crippen molar-refractivity contribution in [2.24, 2.45) is 0 Å². The molecule has 1 aromatic rings. The second-order valence-corrected chi connectivity index (χ2v) is 4.22. The highest BCUT2D eigenvalue weighted by Crippen LogP contribution is 1.95. The van der Waals surface area contributed by atoms with E-state index in [-0.39, 0.29) is 24.4 Å². The van der Waals surface area contributed by atoms with Crippen molar-refractivity contribution in [2.45, 2.75) is 26.4 Å². The van der Waals surface area contributed by atoms with Crippen LogP contribution in [-0.2, 0) is 20.8 Å². The fraction of sp³-hybridized carbons (Fsp3) is 0.538. The molecule has 1 aromatic heterocycles. The summed E-state index contributed by atoms with van der Waals surface area (Å²) in [6.45, 7) is 3.97. The van der Waals surface area contributed by atoms with E-state index in [4.69, 9.17) is 9.47 Å². The predicted octanol–water partition coefficient (Wildman–Crippen LogP) is -0.429. The van der Waals surface area contributed by atoms with Crippen molar-refractivity contribution < 1.29 is 19.1 Å². The predicted molar refractivity (Wildman–Crippen MR) is 73.9 cm³/mol. The van der Waals surface area contributed by atoms with Gasteiger partial charge in [-0.05, 0) is 19.9 Å². The van der Waals surface area contributed by atoms with E-state index in [9.17, 15) is 14.4 Å². The first-order valence-electron chi connectivity index (χ1n) is 6.54. The maximum Gasteiger partial charge on any atom is 0.328 e. The third-order valence-corrected chi connectivity index (χ3v) is 2.59. The minimum Gasteiger partial charge on any atom is -0.464 e. The minimum atomic E-state index is -0.793. The van der Waals surface area contributed by atoms with E-state index >= 15 is 0 Å². The van der Waals surface area contributed by atoms with Gasteiger partial charge in [0.1, 0.15) is 11.7 Å². The quantitative estimate of drug-likeness (QED) is 0.686. The molecule has 0 radical (unpaired) electrons. The number of carbonyl (C=O) groups excluding carboxylic acids is 2. The number of hydrogen-bond donors (Lipinski definition) is 1. The van der Waals surface area contributed by atoms with Crippen LogP contribution in [0.3, 0.4) is 0 Å².